The van der Waals surface area contributed by atoms with E-state index >= 15 is 0 Å². The molecule has 8 heavy (non-hydrogen) atoms. The molecule has 0 fully saturated rings. The van der Waals surface area contributed by atoms with Gasteiger partial charge in [0.25, 0.3) is 0 Å². The van der Waals surface area contributed by atoms with Crippen LogP contribution >= 0.6 is 50.9 Å². The van der Waals surface area contributed by atoms with Crippen LogP contribution in [0, 0.1) is 0 Å². The van der Waals surface area contributed by atoms with E-state index in [0.717, 1.165) is 6.54 Å². The third-order valence-electron chi connectivity index (χ3n) is 0.558. The Hall–Kier alpha value is 1.40. The van der Waals surface area contributed by atoms with Crippen LogP contribution in [0.5, 0.6) is 0 Å². The van der Waals surface area contributed by atoms with Crippen molar-refractivity contribution in [2.75, 3.05) is 6.54 Å². The molecule has 0 unspecified atom stereocenters. The number of unbranched alkanes of at least 4 members (excludes halogenated alkanes) is 1. The van der Waals surface area contributed by atoms with Gasteiger partial charge in [-0.05, 0) is 13.0 Å². The zero-order chi connectivity index (χ0) is 4.12. The summed E-state index contributed by atoms with van der Waals surface area (Å²) in [5.74, 6) is 0. The Morgan fingerprint density at radius 3 is 1.50 bits per heavy atom. The normalized spacial score (nSPS) is 5.25. The van der Waals surface area contributed by atoms with E-state index in [2.05, 4.69) is 6.92 Å². The molecule has 0 spiro atoms. The highest BCUT2D eigenvalue weighted by Crippen LogP contribution is 1.77. The highest BCUT2D eigenvalue weighted by atomic mass is 79.9. The molecule has 4 heteroatoms. The predicted octanol–water partition coefficient (Wildman–Crippen LogP) is 2.48. The van der Waals surface area contributed by atoms with E-state index in [1.54, 1.807) is 0 Å². The summed E-state index contributed by atoms with van der Waals surface area (Å²) < 4.78 is 0. The van der Waals surface area contributed by atoms with Crippen molar-refractivity contribution < 1.29 is 0 Å². The summed E-state index contributed by atoms with van der Waals surface area (Å²) in [6.45, 7) is 2.98. The van der Waals surface area contributed by atoms with Gasteiger partial charge in [0.15, 0.2) is 0 Å². The first kappa shape index (κ1) is 22.7. The van der Waals surface area contributed by atoms with Crippen LogP contribution in [0.4, 0.5) is 0 Å². The van der Waals surface area contributed by atoms with Gasteiger partial charge >= 0.3 is 0 Å². The molecule has 0 radical (unpaired) electrons. The Morgan fingerprint density at radius 1 is 1.12 bits per heavy atom. The summed E-state index contributed by atoms with van der Waals surface area (Å²) in [4.78, 5) is 0. The van der Waals surface area contributed by atoms with Gasteiger partial charge in [0.05, 0.1) is 0 Å². The van der Waals surface area contributed by atoms with Crippen molar-refractivity contribution >= 4 is 50.9 Å². The summed E-state index contributed by atoms with van der Waals surface area (Å²) in [5.41, 5.74) is 5.14. The van der Waals surface area contributed by atoms with Crippen LogP contribution in [0.25, 0.3) is 0 Å². The minimum atomic E-state index is 0. The van der Waals surface area contributed by atoms with Crippen LogP contribution in [-0.2, 0) is 0 Å². The molecule has 0 aliphatic carbocycles. The third kappa shape index (κ3) is 26.2. The van der Waals surface area contributed by atoms with Crippen molar-refractivity contribution in [3.8, 4) is 0 Å². The molecular formula is C4H14Br3N. The van der Waals surface area contributed by atoms with E-state index in [-0.39, 0.29) is 50.9 Å². The van der Waals surface area contributed by atoms with E-state index in [0.29, 0.717) is 0 Å². The van der Waals surface area contributed by atoms with Gasteiger partial charge in [-0.25, -0.2) is 0 Å². The van der Waals surface area contributed by atoms with Gasteiger partial charge in [-0.1, -0.05) is 13.3 Å². The van der Waals surface area contributed by atoms with E-state index < -0.39 is 0 Å². The lowest BCUT2D eigenvalue weighted by atomic mass is 10.3. The van der Waals surface area contributed by atoms with E-state index in [9.17, 15) is 0 Å². The highest BCUT2D eigenvalue weighted by molar-refractivity contribution is 8.93. The molecule has 0 saturated carbocycles. The molecule has 0 aliphatic heterocycles. The van der Waals surface area contributed by atoms with Crippen molar-refractivity contribution in [1.82, 2.24) is 0 Å². The quantitative estimate of drug-likeness (QED) is 0.832. The second-order valence-electron chi connectivity index (χ2n) is 1.14. The lowest BCUT2D eigenvalue weighted by molar-refractivity contribution is 0.807. The van der Waals surface area contributed by atoms with Gasteiger partial charge in [-0.2, -0.15) is 0 Å². The Kier molecular flexibility index (Phi) is 67.6. The van der Waals surface area contributed by atoms with Crippen molar-refractivity contribution in [3.63, 3.8) is 0 Å². The molecule has 56 valence electrons. The zero-order valence-corrected chi connectivity index (χ0v) is 10.1. The topological polar surface area (TPSA) is 26.0 Å². The van der Waals surface area contributed by atoms with Gasteiger partial charge in [0, 0.05) is 0 Å². The average molecular weight is 316 g/mol. The zero-order valence-electron chi connectivity index (χ0n) is 4.92. The SMILES string of the molecule is Br.Br.Br.CCCCN. The summed E-state index contributed by atoms with van der Waals surface area (Å²) in [7, 11) is 0. The second-order valence-corrected chi connectivity index (χ2v) is 1.14. The monoisotopic (exact) mass is 313 g/mol. The van der Waals surface area contributed by atoms with Gasteiger partial charge < -0.3 is 5.73 Å². The number of hydrogen-bond acceptors (Lipinski definition) is 1. The molecule has 0 aromatic rings. The molecular weight excluding hydrogens is 302 g/mol. The molecule has 0 aromatic heterocycles. The summed E-state index contributed by atoms with van der Waals surface area (Å²) in [6.07, 6.45) is 2.39. The molecule has 0 bridgehead atoms. The van der Waals surface area contributed by atoms with Crippen LogP contribution < -0.4 is 5.73 Å². The van der Waals surface area contributed by atoms with Crippen molar-refractivity contribution in [2.24, 2.45) is 5.73 Å². The Bertz CT molecular complexity index is 18.8. The maximum Gasteiger partial charge on any atom is -0.00774 e. The fraction of sp³-hybridized carbons (Fsp3) is 1.00. The maximum absolute atomic E-state index is 5.14. The molecule has 0 aromatic carbocycles. The van der Waals surface area contributed by atoms with Crippen LogP contribution in [0.15, 0.2) is 0 Å². The van der Waals surface area contributed by atoms with Gasteiger partial charge in [-0.3, -0.25) is 0 Å². The third-order valence-corrected chi connectivity index (χ3v) is 0.558. The maximum atomic E-state index is 5.14. The van der Waals surface area contributed by atoms with Gasteiger partial charge in [0.2, 0.25) is 0 Å². The largest absolute Gasteiger partial charge is 0.330 e. The Labute approximate surface area is 82.7 Å². The molecule has 0 amide bonds. The first-order valence-electron chi connectivity index (χ1n) is 2.12. The number of halogens is 3. The predicted molar refractivity (Wildman–Crippen MR) is 54.9 cm³/mol. The Morgan fingerprint density at radius 2 is 1.50 bits per heavy atom. The highest BCUT2D eigenvalue weighted by Gasteiger charge is 1.67. The van der Waals surface area contributed by atoms with Crippen LogP contribution in [-0.4, -0.2) is 6.54 Å². The molecule has 0 heterocycles. The second kappa shape index (κ2) is 23.8. The first-order chi connectivity index (χ1) is 2.41. The number of rotatable bonds is 2. The average Bonchev–Trinajstić information content (AvgIpc) is 1.41. The summed E-state index contributed by atoms with van der Waals surface area (Å²) in [6, 6.07) is 0. The fourth-order valence-electron chi connectivity index (χ4n) is 0.204. The van der Waals surface area contributed by atoms with Crippen molar-refractivity contribution in [3.05, 3.63) is 0 Å². The summed E-state index contributed by atoms with van der Waals surface area (Å²) >= 11 is 0. The van der Waals surface area contributed by atoms with Crippen LogP contribution in [0.1, 0.15) is 19.8 Å². The van der Waals surface area contributed by atoms with Crippen molar-refractivity contribution in [1.29, 1.82) is 0 Å². The Balaban J connectivity index is -0.0000000267. The van der Waals surface area contributed by atoms with Crippen molar-refractivity contribution in [2.45, 2.75) is 19.8 Å². The molecule has 2 N–H and O–H groups in total. The van der Waals surface area contributed by atoms with Crippen LogP contribution in [0.3, 0.4) is 0 Å². The minimum absolute atomic E-state index is 0. The molecule has 0 atom stereocenters. The number of nitrogens with two attached hydrogens (primary N) is 1. The smallest absolute Gasteiger partial charge is 0.00774 e. The first-order valence-corrected chi connectivity index (χ1v) is 2.12. The standard InChI is InChI=1S/C4H11N.3BrH/c1-2-3-4-5;;;/h2-5H2,1H3;3*1H. The molecule has 0 saturated heterocycles. The summed E-state index contributed by atoms with van der Waals surface area (Å²) in [5, 5.41) is 0. The fourth-order valence-corrected chi connectivity index (χ4v) is 0.204. The molecule has 1 nitrogen and oxygen atoms in total. The van der Waals surface area contributed by atoms with Gasteiger partial charge in [-0.15, -0.1) is 50.9 Å². The number of hydrogen-bond donors (Lipinski definition) is 1. The minimum Gasteiger partial charge on any atom is -0.330 e. The van der Waals surface area contributed by atoms with E-state index in [1.165, 1.54) is 12.8 Å². The molecule has 0 aliphatic rings. The van der Waals surface area contributed by atoms with E-state index in [4.69, 9.17) is 5.73 Å². The molecule has 0 rings (SSSR count). The van der Waals surface area contributed by atoms with Crippen LogP contribution in [0.2, 0.25) is 0 Å². The van der Waals surface area contributed by atoms with Gasteiger partial charge in [0.1, 0.15) is 0 Å². The van der Waals surface area contributed by atoms with E-state index in [1.807, 2.05) is 0 Å². The lowest BCUT2D eigenvalue weighted by Gasteiger charge is -1.80. The lowest BCUT2D eigenvalue weighted by Crippen LogP contribution is -1.95.